The Hall–Kier alpha value is -0.570. The van der Waals surface area contributed by atoms with Crippen molar-refractivity contribution in [3.63, 3.8) is 0 Å². The van der Waals surface area contributed by atoms with Gasteiger partial charge < -0.3 is 5.73 Å². The fourth-order valence-corrected chi connectivity index (χ4v) is 2.94. The largest absolute Gasteiger partial charge is 0.328 e. The predicted octanol–water partition coefficient (Wildman–Crippen LogP) is 3.21. The average Bonchev–Trinajstić information content (AvgIpc) is 2.33. The molecule has 0 spiro atoms. The lowest BCUT2D eigenvalue weighted by Gasteiger charge is -2.34. The molecule has 0 radical (unpaired) electrons. The quantitative estimate of drug-likeness (QED) is 0.910. The summed E-state index contributed by atoms with van der Waals surface area (Å²) in [6.45, 7) is 7.62. The molecule has 1 unspecified atom stereocenters. The Labute approximate surface area is 115 Å². The van der Waals surface area contributed by atoms with Gasteiger partial charge in [-0.2, -0.15) is 0 Å². The van der Waals surface area contributed by atoms with Gasteiger partial charge in [-0.25, -0.2) is 0 Å². The maximum atomic E-state index is 5.99. The first kappa shape index (κ1) is 13.9. The summed E-state index contributed by atoms with van der Waals surface area (Å²) in [6, 6.07) is 6.52. The Balaban J connectivity index is 1.91. The molecule has 100 valence electrons. The molecular weight excluding hydrogens is 244 g/mol. The Morgan fingerprint density at radius 3 is 2.61 bits per heavy atom. The molecule has 2 nitrogen and oxygen atoms in total. The van der Waals surface area contributed by atoms with E-state index in [1.165, 1.54) is 24.0 Å². The maximum absolute atomic E-state index is 5.99. The first-order chi connectivity index (χ1) is 8.56. The van der Waals surface area contributed by atoms with Gasteiger partial charge in [-0.1, -0.05) is 17.7 Å². The number of hydrogen-bond donors (Lipinski definition) is 1. The lowest BCUT2D eigenvalue weighted by Crippen LogP contribution is -2.39. The minimum Gasteiger partial charge on any atom is -0.328 e. The van der Waals surface area contributed by atoms with Gasteiger partial charge in [0.15, 0.2) is 0 Å². The van der Waals surface area contributed by atoms with Gasteiger partial charge >= 0.3 is 0 Å². The third-order valence-corrected chi connectivity index (χ3v) is 4.31. The topological polar surface area (TPSA) is 29.3 Å². The van der Waals surface area contributed by atoms with E-state index in [1.807, 2.05) is 12.1 Å². The van der Waals surface area contributed by atoms with Crippen molar-refractivity contribution in [3.8, 4) is 0 Å². The monoisotopic (exact) mass is 266 g/mol. The Morgan fingerprint density at radius 1 is 1.39 bits per heavy atom. The molecule has 1 aliphatic heterocycles. The van der Waals surface area contributed by atoms with E-state index in [2.05, 4.69) is 24.8 Å². The highest BCUT2D eigenvalue weighted by Gasteiger charge is 2.21. The summed E-state index contributed by atoms with van der Waals surface area (Å²) in [5.74, 6) is 0.701. The van der Waals surface area contributed by atoms with Crippen LogP contribution in [-0.2, 0) is 6.54 Å². The van der Waals surface area contributed by atoms with Crippen molar-refractivity contribution in [1.82, 2.24) is 4.90 Å². The number of hydrogen-bond acceptors (Lipinski definition) is 2. The van der Waals surface area contributed by atoms with Crippen LogP contribution in [0.3, 0.4) is 0 Å². The average molecular weight is 267 g/mol. The zero-order valence-electron chi connectivity index (χ0n) is 11.3. The lowest BCUT2D eigenvalue weighted by molar-refractivity contribution is 0.165. The summed E-state index contributed by atoms with van der Waals surface area (Å²) in [7, 11) is 0. The minimum absolute atomic E-state index is 0.337. The number of piperidine rings is 1. The standard InChI is InChI=1S/C15H23ClN2/c1-11-9-15(16)4-3-14(11)10-18-7-5-13(6-8-18)12(2)17/h3-4,9,12-13H,5-8,10,17H2,1-2H3. The molecule has 3 heteroatoms. The molecule has 1 heterocycles. The van der Waals surface area contributed by atoms with Crippen LogP contribution in [-0.4, -0.2) is 24.0 Å². The molecule has 2 rings (SSSR count). The molecule has 18 heavy (non-hydrogen) atoms. The van der Waals surface area contributed by atoms with E-state index in [0.717, 1.165) is 24.7 Å². The van der Waals surface area contributed by atoms with Crippen LogP contribution < -0.4 is 5.73 Å². The number of likely N-dealkylation sites (tertiary alicyclic amines) is 1. The summed E-state index contributed by atoms with van der Waals surface area (Å²) in [6.07, 6.45) is 2.45. The van der Waals surface area contributed by atoms with E-state index in [0.29, 0.717) is 12.0 Å². The van der Waals surface area contributed by atoms with Crippen molar-refractivity contribution in [2.45, 2.75) is 39.3 Å². The second kappa shape index (κ2) is 6.05. The van der Waals surface area contributed by atoms with Gasteiger partial charge in [-0.05, 0) is 69.0 Å². The second-order valence-electron chi connectivity index (χ2n) is 5.54. The normalized spacial score (nSPS) is 20.0. The van der Waals surface area contributed by atoms with Gasteiger partial charge in [0.1, 0.15) is 0 Å². The molecule has 1 saturated heterocycles. The van der Waals surface area contributed by atoms with Crippen molar-refractivity contribution >= 4 is 11.6 Å². The minimum atomic E-state index is 0.337. The number of nitrogens with two attached hydrogens (primary N) is 1. The molecule has 0 amide bonds. The van der Waals surface area contributed by atoms with Gasteiger partial charge in [-0.3, -0.25) is 4.90 Å². The van der Waals surface area contributed by atoms with Gasteiger partial charge in [-0.15, -0.1) is 0 Å². The highest BCUT2D eigenvalue weighted by atomic mass is 35.5. The fraction of sp³-hybridized carbons (Fsp3) is 0.600. The summed E-state index contributed by atoms with van der Waals surface area (Å²) in [5.41, 5.74) is 8.65. The van der Waals surface area contributed by atoms with E-state index in [1.54, 1.807) is 0 Å². The first-order valence-corrected chi connectivity index (χ1v) is 7.17. The van der Waals surface area contributed by atoms with Crippen molar-refractivity contribution in [3.05, 3.63) is 34.3 Å². The number of rotatable bonds is 3. The van der Waals surface area contributed by atoms with Crippen LogP contribution >= 0.6 is 11.6 Å². The van der Waals surface area contributed by atoms with Crippen LogP contribution in [0.15, 0.2) is 18.2 Å². The third-order valence-electron chi connectivity index (χ3n) is 4.07. The van der Waals surface area contributed by atoms with Gasteiger partial charge in [0.25, 0.3) is 0 Å². The summed E-state index contributed by atoms with van der Waals surface area (Å²) >= 11 is 5.99. The number of benzene rings is 1. The molecule has 2 N–H and O–H groups in total. The number of aryl methyl sites for hydroxylation is 1. The van der Waals surface area contributed by atoms with Crippen LogP contribution in [0.25, 0.3) is 0 Å². The molecule has 1 fully saturated rings. The van der Waals surface area contributed by atoms with E-state index in [4.69, 9.17) is 17.3 Å². The van der Waals surface area contributed by atoms with E-state index < -0.39 is 0 Å². The summed E-state index contributed by atoms with van der Waals surface area (Å²) in [5, 5.41) is 0.826. The molecular formula is C15H23ClN2. The van der Waals surface area contributed by atoms with Gasteiger partial charge in [0.05, 0.1) is 0 Å². The molecule has 1 aliphatic rings. The predicted molar refractivity (Wildman–Crippen MR) is 77.8 cm³/mol. The summed E-state index contributed by atoms with van der Waals surface area (Å²) < 4.78 is 0. The third kappa shape index (κ3) is 3.47. The SMILES string of the molecule is Cc1cc(Cl)ccc1CN1CCC(C(C)N)CC1. The van der Waals surface area contributed by atoms with E-state index >= 15 is 0 Å². The van der Waals surface area contributed by atoms with Crippen molar-refractivity contribution in [2.24, 2.45) is 11.7 Å². The molecule has 0 bridgehead atoms. The smallest absolute Gasteiger partial charge is 0.0408 e. The Kier molecular flexibility index (Phi) is 4.66. The van der Waals surface area contributed by atoms with Crippen LogP contribution in [0.2, 0.25) is 5.02 Å². The molecule has 0 aliphatic carbocycles. The van der Waals surface area contributed by atoms with Crippen LogP contribution in [0, 0.1) is 12.8 Å². The van der Waals surface area contributed by atoms with Crippen LogP contribution in [0.4, 0.5) is 0 Å². The highest BCUT2D eigenvalue weighted by molar-refractivity contribution is 6.30. The Morgan fingerprint density at radius 2 is 2.06 bits per heavy atom. The lowest BCUT2D eigenvalue weighted by atomic mass is 9.90. The molecule has 0 saturated carbocycles. The highest BCUT2D eigenvalue weighted by Crippen LogP contribution is 2.22. The maximum Gasteiger partial charge on any atom is 0.0408 e. The van der Waals surface area contributed by atoms with E-state index in [9.17, 15) is 0 Å². The summed E-state index contributed by atoms with van der Waals surface area (Å²) in [4.78, 5) is 2.52. The Bertz CT molecular complexity index is 395. The molecule has 1 aromatic carbocycles. The zero-order valence-corrected chi connectivity index (χ0v) is 12.1. The molecule has 0 aromatic heterocycles. The molecule has 1 aromatic rings. The van der Waals surface area contributed by atoms with Crippen molar-refractivity contribution < 1.29 is 0 Å². The van der Waals surface area contributed by atoms with Crippen LogP contribution in [0.5, 0.6) is 0 Å². The van der Waals surface area contributed by atoms with Gasteiger partial charge in [0.2, 0.25) is 0 Å². The first-order valence-electron chi connectivity index (χ1n) is 6.79. The van der Waals surface area contributed by atoms with Crippen LogP contribution in [0.1, 0.15) is 30.9 Å². The zero-order chi connectivity index (χ0) is 13.1. The van der Waals surface area contributed by atoms with Gasteiger partial charge in [0, 0.05) is 17.6 Å². The van der Waals surface area contributed by atoms with Crippen molar-refractivity contribution in [2.75, 3.05) is 13.1 Å². The van der Waals surface area contributed by atoms with Crippen molar-refractivity contribution in [1.29, 1.82) is 0 Å². The number of nitrogens with zero attached hydrogens (tertiary/aromatic N) is 1. The van der Waals surface area contributed by atoms with E-state index in [-0.39, 0.29) is 0 Å². The molecule has 1 atom stereocenters. The second-order valence-corrected chi connectivity index (χ2v) is 5.98. The number of halogens is 1. The fourth-order valence-electron chi connectivity index (χ4n) is 2.71.